The molecule has 0 saturated carbocycles. The van der Waals surface area contributed by atoms with Gasteiger partial charge in [-0.15, -0.1) is 0 Å². The van der Waals surface area contributed by atoms with Crippen molar-refractivity contribution >= 4 is 5.97 Å². The van der Waals surface area contributed by atoms with Crippen molar-refractivity contribution in [2.75, 3.05) is 13.7 Å². The largest absolute Gasteiger partial charge is 0.508 e. The molecule has 88 valence electrons. The maximum Gasteiger partial charge on any atom is 0.327 e. The molecule has 0 heterocycles. The van der Waals surface area contributed by atoms with Crippen LogP contribution in [0.15, 0.2) is 18.2 Å². The number of hydrogen-bond acceptors (Lipinski definition) is 4. The second kappa shape index (κ2) is 5.46. The van der Waals surface area contributed by atoms with Crippen molar-refractivity contribution in [3.05, 3.63) is 29.6 Å². The van der Waals surface area contributed by atoms with Gasteiger partial charge in [-0.25, -0.2) is 9.18 Å². The lowest BCUT2D eigenvalue weighted by molar-refractivity contribution is -0.143. The highest BCUT2D eigenvalue weighted by Gasteiger charge is 2.23. The number of halogens is 1. The SMILES string of the molecule is CCNC(C(=O)OC)c1cc(F)ccc1O. The van der Waals surface area contributed by atoms with Crippen LogP contribution in [0.2, 0.25) is 0 Å². The van der Waals surface area contributed by atoms with Crippen LogP contribution < -0.4 is 5.32 Å². The molecule has 0 spiro atoms. The molecule has 5 heteroatoms. The second-order valence-electron chi connectivity index (χ2n) is 3.22. The van der Waals surface area contributed by atoms with Crippen LogP contribution in [0.5, 0.6) is 5.75 Å². The molecule has 1 aromatic carbocycles. The summed E-state index contributed by atoms with van der Waals surface area (Å²) in [7, 11) is 1.24. The third kappa shape index (κ3) is 2.70. The van der Waals surface area contributed by atoms with Gasteiger partial charge in [0, 0.05) is 5.56 Å². The number of rotatable bonds is 4. The Morgan fingerprint density at radius 3 is 2.88 bits per heavy atom. The van der Waals surface area contributed by atoms with Crippen LogP contribution in [0.3, 0.4) is 0 Å². The number of likely N-dealkylation sites (N-methyl/N-ethyl adjacent to an activating group) is 1. The number of phenols is 1. The molecule has 1 atom stereocenters. The van der Waals surface area contributed by atoms with Gasteiger partial charge in [-0.3, -0.25) is 0 Å². The Kier molecular flexibility index (Phi) is 4.25. The van der Waals surface area contributed by atoms with Crippen molar-refractivity contribution in [2.24, 2.45) is 0 Å². The van der Waals surface area contributed by atoms with E-state index in [4.69, 9.17) is 0 Å². The van der Waals surface area contributed by atoms with Crippen LogP contribution in [-0.4, -0.2) is 24.7 Å². The molecule has 2 N–H and O–H groups in total. The van der Waals surface area contributed by atoms with E-state index in [1.54, 1.807) is 6.92 Å². The first kappa shape index (κ1) is 12.4. The summed E-state index contributed by atoms with van der Waals surface area (Å²) in [6.45, 7) is 2.29. The monoisotopic (exact) mass is 227 g/mol. The molecule has 0 fully saturated rings. The van der Waals surface area contributed by atoms with Crippen molar-refractivity contribution in [2.45, 2.75) is 13.0 Å². The second-order valence-corrected chi connectivity index (χ2v) is 3.22. The summed E-state index contributed by atoms with van der Waals surface area (Å²) in [5, 5.41) is 12.4. The number of methoxy groups -OCH3 is 1. The van der Waals surface area contributed by atoms with E-state index < -0.39 is 17.8 Å². The zero-order chi connectivity index (χ0) is 12.1. The number of aromatic hydroxyl groups is 1. The Hall–Kier alpha value is -1.62. The van der Waals surface area contributed by atoms with E-state index in [0.29, 0.717) is 6.54 Å². The molecule has 0 radical (unpaired) electrons. The van der Waals surface area contributed by atoms with Crippen LogP contribution in [0.4, 0.5) is 4.39 Å². The Bertz CT molecular complexity index is 381. The molecule has 1 unspecified atom stereocenters. The van der Waals surface area contributed by atoms with Crippen LogP contribution in [0.1, 0.15) is 18.5 Å². The third-order valence-electron chi connectivity index (χ3n) is 2.15. The number of hydrogen-bond donors (Lipinski definition) is 2. The molecule has 16 heavy (non-hydrogen) atoms. The van der Waals surface area contributed by atoms with E-state index in [-0.39, 0.29) is 11.3 Å². The van der Waals surface area contributed by atoms with E-state index in [1.807, 2.05) is 0 Å². The molecule has 0 aliphatic rings. The van der Waals surface area contributed by atoms with E-state index >= 15 is 0 Å². The van der Waals surface area contributed by atoms with E-state index in [9.17, 15) is 14.3 Å². The molecule has 4 nitrogen and oxygen atoms in total. The zero-order valence-electron chi connectivity index (χ0n) is 9.16. The van der Waals surface area contributed by atoms with Crippen molar-refractivity contribution in [1.82, 2.24) is 5.32 Å². The maximum atomic E-state index is 13.0. The molecule has 0 amide bonds. The fourth-order valence-electron chi connectivity index (χ4n) is 1.40. The van der Waals surface area contributed by atoms with Gasteiger partial charge in [-0.2, -0.15) is 0 Å². The molecule has 0 aliphatic heterocycles. The Labute approximate surface area is 93.0 Å². The highest BCUT2D eigenvalue weighted by molar-refractivity contribution is 5.78. The van der Waals surface area contributed by atoms with Crippen molar-refractivity contribution in [3.8, 4) is 5.75 Å². The van der Waals surface area contributed by atoms with Crippen LogP contribution in [-0.2, 0) is 9.53 Å². The first-order chi connectivity index (χ1) is 7.60. The first-order valence-electron chi connectivity index (χ1n) is 4.89. The van der Waals surface area contributed by atoms with Crippen LogP contribution >= 0.6 is 0 Å². The summed E-state index contributed by atoms with van der Waals surface area (Å²) in [6.07, 6.45) is 0. The van der Waals surface area contributed by atoms with Crippen molar-refractivity contribution in [3.63, 3.8) is 0 Å². The topological polar surface area (TPSA) is 58.6 Å². The van der Waals surface area contributed by atoms with Gasteiger partial charge in [0.1, 0.15) is 17.6 Å². The maximum absolute atomic E-state index is 13.0. The van der Waals surface area contributed by atoms with E-state index in [1.165, 1.54) is 13.2 Å². The quantitative estimate of drug-likeness (QED) is 0.762. The number of benzene rings is 1. The zero-order valence-corrected chi connectivity index (χ0v) is 9.16. The summed E-state index contributed by atoms with van der Waals surface area (Å²) in [4.78, 5) is 11.4. The summed E-state index contributed by atoms with van der Waals surface area (Å²) in [5.74, 6) is -1.22. The van der Waals surface area contributed by atoms with Gasteiger partial charge in [-0.05, 0) is 24.7 Å². The third-order valence-corrected chi connectivity index (χ3v) is 2.15. The van der Waals surface area contributed by atoms with Crippen LogP contribution in [0.25, 0.3) is 0 Å². The fraction of sp³-hybridized carbons (Fsp3) is 0.364. The Balaban J connectivity index is 3.09. The summed E-state index contributed by atoms with van der Waals surface area (Å²) < 4.78 is 17.6. The highest BCUT2D eigenvalue weighted by atomic mass is 19.1. The lowest BCUT2D eigenvalue weighted by atomic mass is 10.1. The lowest BCUT2D eigenvalue weighted by Crippen LogP contribution is -2.29. The van der Waals surface area contributed by atoms with Gasteiger partial charge < -0.3 is 15.2 Å². The molecule has 0 aliphatic carbocycles. The van der Waals surface area contributed by atoms with Gasteiger partial charge in [0.25, 0.3) is 0 Å². The van der Waals surface area contributed by atoms with Crippen LogP contribution in [0, 0.1) is 5.82 Å². The van der Waals surface area contributed by atoms with Gasteiger partial charge in [0.15, 0.2) is 0 Å². The molecule has 0 aromatic heterocycles. The Morgan fingerprint density at radius 2 is 2.31 bits per heavy atom. The normalized spacial score (nSPS) is 12.2. The predicted octanol–water partition coefficient (Wildman–Crippen LogP) is 1.35. The standard InChI is InChI=1S/C11H14FNO3/c1-3-13-10(11(15)16-2)8-6-7(12)4-5-9(8)14/h4-6,10,13-14H,3H2,1-2H3. The van der Waals surface area contributed by atoms with Gasteiger partial charge >= 0.3 is 5.97 Å². The number of carbonyl (C=O) groups excluding carboxylic acids is 1. The summed E-state index contributed by atoms with van der Waals surface area (Å²) in [5.41, 5.74) is 0.175. The highest BCUT2D eigenvalue weighted by Crippen LogP contribution is 2.25. The molecule has 1 aromatic rings. The minimum Gasteiger partial charge on any atom is -0.508 e. The molecule has 0 bridgehead atoms. The average Bonchev–Trinajstić information content (AvgIpc) is 2.28. The average molecular weight is 227 g/mol. The number of nitrogens with one attached hydrogen (secondary N) is 1. The molecule has 1 rings (SSSR count). The minimum atomic E-state index is -0.856. The predicted molar refractivity (Wildman–Crippen MR) is 56.5 cm³/mol. The smallest absolute Gasteiger partial charge is 0.327 e. The summed E-state index contributed by atoms with van der Waals surface area (Å²) >= 11 is 0. The van der Waals surface area contributed by atoms with Gasteiger partial charge in [-0.1, -0.05) is 6.92 Å². The Morgan fingerprint density at radius 1 is 1.62 bits per heavy atom. The molecular formula is C11H14FNO3. The number of esters is 1. The molecular weight excluding hydrogens is 213 g/mol. The van der Waals surface area contributed by atoms with Gasteiger partial charge in [0.2, 0.25) is 0 Å². The fourth-order valence-corrected chi connectivity index (χ4v) is 1.40. The van der Waals surface area contributed by atoms with Gasteiger partial charge in [0.05, 0.1) is 7.11 Å². The van der Waals surface area contributed by atoms with E-state index in [0.717, 1.165) is 12.1 Å². The van der Waals surface area contributed by atoms with E-state index in [2.05, 4.69) is 10.1 Å². The molecule has 0 saturated heterocycles. The van der Waals surface area contributed by atoms with Crippen molar-refractivity contribution in [1.29, 1.82) is 0 Å². The number of carbonyl (C=O) groups is 1. The summed E-state index contributed by atoms with van der Waals surface area (Å²) in [6, 6.07) is 2.59. The number of ether oxygens (including phenoxy) is 1. The van der Waals surface area contributed by atoms with Crippen molar-refractivity contribution < 1.29 is 19.0 Å². The minimum absolute atomic E-state index is 0.141. The first-order valence-corrected chi connectivity index (χ1v) is 4.89. The lowest BCUT2D eigenvalue weighted by Gasteiger charge is -2.16. The number of phenolic OH excluding ortho intramolecular Hbond substituents is 1.